The van der Waals surface area contributed by atoms with Gasteiger partial charge in [-0.2, -0.15) is 0 Å². The van der Waals surface area contributed by atoms with Gasteiger partial charge in [-0.1, -0.05) is 60.7 Å². The third kappa shape index (κ3) is 10.2. The lowest BCUT2D eigenvalue weighted by molar-refractivity contribution is -0.149. The summed E-state index contributed by atoms with van der Waals surface area (Å²) in [6.07, 6.45) is -0.759. The molecule has 0 aromatic heterocycles. The topological polar surface area (TPSA) is 103 Å². The molecule has 2 amide bonds. The van der Waals surface area contributed by atoms with Crippen molar-refractivity contribution in [3.05, 3.63) is 71.8 Å². The van der Waals surface area contributed by atoms with E-state index < -0.39 is 35.7 Å². The number of ether oxygens (including phenoxy) is 3. The summed E-state index contributed by atoms with van der Waals surface area (Å²) in [5, 5.41) is 5.08. The predicted molar refractivity (Wildman–Crippen MR) is 123 cm³/mol. The molecule has 0 radical (unpaired) electrons. The fourth-order valence-electron chi connectivity index (χ4n) is 2.73. The van der Waals surface area contributed by atoms with E-state index in [-0.39, 0.29) is 19.8 Å². The first-order valence-electron chi connectivity index (χ1n) is 10.8. The van der Waals surface area contributed by atoms with Crippen molar-refractivity contribution in [2.24, 2.45) is 0 Å². The lowest BCUT2D eigenvalue weighted by atomic mass is 10.2. The average Bonchev–Trinajstić information content (AvgIpc) is 2.76. The van der Waals surface area contributed by atoms with Gasteiger partial charge in [-0.05, 0) is 38.8 Å². The first-order chi connectivity index (χ1) is 15.6. The van der Waals surface area contributed by atoms with Gasteiger partial charge in [-0.25, -0.2) is 9.59 Å². The molecule has 0 aliphatic carbocycles. The molecule has 33 heavy (non-hydrogen) atoms. The highest BCUT2D eigenvalue weighted by Gasteiger charge is 2.27. The Morgan fingerprint density at radius 3 is 1.94 bits per heavy atom. The van der Waals surface area contributed by atoms with Gasteiger partial charge in [0.1, 0.15) is 24.3 Å². The molecular formula is C25H32N2O6. The molecule has 8 nitrogen and oxygen atoms in total. The highest BCUT2D eigenvalue weighted by molar-refractivity contribution is 5.89. The maximum absolute atomic E-state index is 12.8. The van der Waals surface area contributed by atoms with Gasteiger partial charge < -0.3 is 24.8 Å². The number of alkyl carbamates (subject to hydrolysis) is 1. The van der Waals surface area contributed by atoms with E-state index in [4.69, 9.17) is 14.2 Å². The molecule has 2 atom stereocenters. The van der Waals surface area contributed by atoms with Gasteiger partial charge >= 0.3 is 12.1 Å². The van der Waals surface area contributed by atoms with Crippen LogP contribution < -0.4 is 10.6 Å². The summed E-state index contributed by atoms with van der Waals surface area (Å²) in [5.41, 5.74) is 1.03. The monoisotopic (exact) mass is 456 g/mol. The second kappa shape index (κ2) is 12.6. The van der Waals surface area contributed by atoms with E-state index in [1.165, 1.54) is 6.92 Å². The minimum atomic E-state index is -1.06. The van der Waals surface area contributed by atoms with Gasteiger partial charge in [-0.3, -0.25) is 4.79 Å². The molecule has 2 N–H and O–H groups in total. The number of hydrogen-bond acceptors (Lipinski definition) is 6. The minimum Gasteiger partial charge on any atom is -0.459 e. The molecule has 0 bridgehead atoms. The third-order valence-corrected chi connectivity index (χ3v) is 4.34. The van der Waals surface area contributed by atoms with Gasteiger partial charge in [0.25, 0.3) is 0 Å². The Balaban J connectivity index is 1.93. The highest BCUT2D eigenvalue weighted by atomic mass is 16.6. The summed E-state index contributed by atoms with van der Waals surface area (Å²) >= 11 is 0. The van der Waals surface area contributed by atoms with E-state index in [2.05, 4.69) is 10.6 Å². The minimum absolute atomic E-state index is 0.0969. The van der Waals surface area contributed by atoms with Gasteiger partial charge in [0.2, 0.25) is 5.91 Å². The van der Waals surface area contributed by atoms with Crippen LogP contribution in [-0.2, 0) is 37.0 Å². The van der Waals surface area contributed by atoms with Crippen LogP contribution in [0.4, 0.5) is 4.79 Å². The summed E-state index contributed by atoms with van der Waals surface area (Å²) in [7, 11) is 0. The summed E-state index contributed by atoms with van der Waals surface area (Å²) in [6.45, 7) is 6.93. The Kier molecular flexibility index (Phi) is 9.87. The Labute approximate surface area is 194 Å². The zero-order valence-corrected chi connectivity index (χ0v) is 19.5. The van der Waals surface area contributed by atoms with Crippen molar-refractivity contribution in [3.8, 4) is 0 Å². The van der Waals surface area contributed by atoms with Crippen molar-refractivity contribution in [1.82, 2.24) is 10.6 Å². The second-order valence-corrected chi connectivity index (χ2v) is 8.52. The summed E-state index contributed by atoms with van der Waals surface area (Å²) < 4.78 is 16.1. The van der Waals surface area contributed by atoms with E-state index in [0.717, 1.165) is 11.1 Å². The molecule has 0 heterocycles. The van der Waals surface area contributed by atoms with E-state index >= 15 is 0 Å². The fraction of sp³-hybridized carbons (Fsp3) is 0.400. The maximum atomic E-state index is 12.8. The molecule has 0 fully saturated rings. The Hall–Kier alpha value is -3.39. The highest BCUT2D eigenvalue weighted by Crippen LogP contribution is 2.08. The Morgan fingerprint density at radius 1 is 0.848 bits per heavy atom. The molecule has 178 valence electrons. The summed E-state index contributed by atoms with van der Waals surface area (Å²) in [4.78, 5) is 37.3. The predicted octanol–water partition coefficient (Wildman–Crippen LogP) is 3.34. The van der Waals surface area contributed by atoms with E-state index in [1.54, 1.807) is 20.8 Å². The van der Waals surface area contributed by atoms with Crippen LogP contribution in [0.1, 0.15) is 38.8 Å². The normalized spacial score (nSPS) is 12.8. The van der Waals surface area contributed by atoms with Gasteiger partial charge in [0.15, 0.2) is 0 Å². The molecule has 0 aliphatic heterocycles. The van der Waals surface area contributed by atoms with Crippen LogP contribution in [0.2, 0.25) is 0 Å². The molecule has 0 spiro atoms. The lowest BCUT2D eigenvalue weighted by Crippen LogP contribution is -2.53. The standard InChI is InChI=1S/C25H32N2O6/c1-18(23(29)32-16-20-13-9-6-10-14-20)26-22(28)21(27-24(30)33-25(2,3)4)17-31-15-19-11-7-5-8-12-19/h5-14,18,21H,15-17H2,1-4H3,(H,26,28)(H,27,30)/t18-,21+/m0/s1. The summed E-state index contributed by atoms with van der Waals surface area (Å²) in [6, 6.07) is 16.7. The number of carbonyl (C=O) groups is 3. The molecule has 8 heteroatoms. The van der Waals surface area contributed by atoms with Crippen molar-refractivity contribution >= 4 is 18.0 Å². The zero-order chi connectivity index (χ0) is 24.3. The van der Waals surface area contributed by atoms with E-state index in [1.807, 2.05) is 60.7 Å². The molecule has 2 rings (SSSR count). The molecule has 0 saturated carbocycles. The smallest absolute Gasteiger partial charge is 0.408 e. The van der Waals surface area contributed by atoms with Crippen LogP contribution >= 0.6 is 0 Å². The summed E-state index contributed by atoms with van der Waals surface area (Å²) in [5.74, 6) is -1.17. The first-order valence-corrected chi connectivity index (χ1v) is 10.8. The van der Waals surface area contributed by atoms with Crippen molar-refractivity contribution < 1.29 is 28.6 Å². The third-order valence-electron chi connectivity index (χ3n) is 4.34. The number of amides is 2. The van der Waals surface area contributed by atoms with Crippen molar-refractivity contribution in [1.29, 1.82) is 0 Å². The molecule has 2 aromatic rings. The lowest BCUT2D eigenvalue weighted by Gasteiger charge is -2.24. The Morgan fingerprint density at radius 2 is 1.39 bits per heavy atom. The SMILES string of the molecule is C[C@H](NC(=O)[C@@H](COCc1ccccc1)NC(=O)OC(C)(C)C)C(=O)OCc1ccccc1. The molecule has 0 unspecified atom stereocenters. The molecule has 2 aromatic carbocycles. The van der Waals surface area contributed by atoms with Gasteiger partial charge in [0.05, 0.1) is 13.2 Å². The van der Waals surface area contributed by atoms with Crippen LogP contribution in [0.25, 0.3) is 0 Å². The van der Waals surface area contributed by atoms with Crippen LogP contribution in [0.15, 0.2) is 60.7 Å². The van der Waals surface area contributed by atoms with Crippen molar-refractivity contribution in [2.45, 2.75) is 58.6 Å². The fourth-order valence-corrected chi connectivity index (χ4v) is 2.73. The van der Waals surface area contributed by atoms with Gasteiger partial charge in [-0.15, -0.1) is 0 Å². The number of nitrogens with one attached hydrogen (secondary N) is 2. The number of carbonyl (C=O) groups excluding carboxylic acids is 3. The number of benzene rings is 2. The Bertz CT molecular complexity index is 896. The van der Waals surface area contributed by atoms with Crippen LogP contribution in [0.3, 0.4) is 0 Å². The molecule has 0 saturated heterocycles. The van der Waals surface area contributed by atoms with Crippen LogP contribution in [-0.4, -0.2) is 42.3 Å². The van der Waals surface area contributed by atoms with Gasteiger partial charge in [0, 0.05) is 0 Å². The largest absolute Gasteiger partial charge is 0.459 e. The quantitative estimate of drug-likeness (QED) is 0.532. The van der Waals surface area contributed by atoms with Crippen molar-refractivity contribution in [2.75, 3.05) is 6.61 Å². The maximum Gasteiger partial charge on any atom is 0.408 e. The number of rotatable bonds is 10. The zero-order valence-electron chi connectivity index (χ0n) is 19.5. The van der Waals surface area contributed by atoms with E-state index in [9.17, 15) is 14.4 Å². The molecule has 0 aliphatic rings. The van der Waals surface area contributed by atoms with Crippen molar-refractivity contribution in [3.63, 3.8) is 0 Å². The second-order valence-electron chi connectivity index (χ2n) is 8.52. The number of esters is 1. The van der Waals surface area contributed by atoms with Crippen LogP contribution in [0.5, 0.6) is 0 Å². The van der Waals surface area contributed by atoms with Crippen LogP contribution in [0, 0.1) is 0 Å². The average molecular weight is 457 g/mol. The number of hydrogen-bond donors (Lipinski definition) is 2. The first kappa shape index (κ1) is 25.9. The van der Waals surface area contributed by atoms with E-state index in [0.29, 0.717) is 0 Å². The molecular weight excluding hydrogens is 424 g/mol.